The van der Waals surface area contributed by atoms with Gasteiger partial charge in [-0.25, -0.2) is 0 Å². The second kappa shape index (κ2) is 5.30. The molecule has 0 heterocycles. The smallest absolute Gasteiger partial charge is 0.133 e. The lowest BCUT2D eigenvalue weighted by molar-refractivity contribution is -0.219. The van der Waals surface area contributed by atoms with Crippen molar-refractivity contribution in [2.45, 2.75) is 90.3 Å². The van der Waals surface area contributed by atoms with Gasteiger partial charge in [0.2, 0.25) is 0 Å². The number of carbonyl (C=O) groups is 1. The lowest BCUT2D eigenvalue weighted by Crippen LogP contribution is -2.62. The van der Waals surface area contributed by atoms with Crippen LogP contribution in [0.15, 0.2) is 0 Å². The Kier molecular flexibility index (Phi) is 3.76. The number of ketones is 1. The minimum Gasteiger partial charge on any atom is -0.393 e. The Bertz CT molecular complexity index is 545. The maximum absolute atomic E-state index is 12.2. The molecule has 0 radical (unpaired) electrons. The van der Waals surface area contributed by atoms with Crippen LogP contribution >= 0.6 is 0 Å². The predicted octanol–water partition coefficient (Wildman–Crippen LogP) is 3.71. The second-order valence-electron chi connectivity index (χ2n) is 10.0. The molecule has 24 heavy (non-hydrogen) atoms. The molecule has 0 aromatic heterocycles. The highest BCUT2D eigenvalue weighted by Crippen LogP contribution is 2.68. The van der Waals surface area contributed by atoms with E-state index >= 15 is 0 Å². The van der Waals surface area contributed by atoms with Crippen LogP contribution in [-0.2, 0) is 4.79 Å². The van der Waals surface area contributed by atoms with Gasteiger partial charge in [-0.1, -0.05) is 13.8 Å². The molecule has 3 heteroatoms. The van der Waals surface area contributed by atoms with Crippen LogP contribution in [0.4, 0.5) is 0 Å². The standard InChI is InChI=1S/C21H34O3/c1-13(22)16-4-5-17-15-7-11-21(24)12-14(23)6-10-20(21,3)18(15)8-9-19(16,17)2/h14-18,23-24H,4-12H2,1-3H3/t14-,15-,16+,17-,18-,19+,20+,21-/m0/s1. The van der Waals surface area contributed by atoms with Gasteiger partial charge >= 0.3 is 0 Å². The summed E-state index contributed by atoms with van der Waals surface area (Å²) in [6.07, 6.45) is 8.47. The number of hydrogen-bond acceptors (Lipinski definition) is 3. The lowest BCUT2D eigenvalue weighted by Gasteiger charge is -2.63. The first kappa shape index (κ1) is 17.0. The zero-order chi connectivity index (χ0) is 17.3. The lowest BCUT2D eigenvalue weighted by atomic mass is 9.43. The Morgan fingerprint density at radius 3 is 2.42 bits per heavy atom. The van der Waals surface area contributed by atoms with Crippen LogP contribution in [0, 0.1) is 34.5 Å². The Labute approximate surface area is 146 Å². The first-order chi connectivity index (χ1) is 11.2. The van der Waals surface area contributed by atoms with Crippen molar-refractivity contribution in [3.05, 3.63) is 0 Å². The molecule has 0 unspecified atom stereocenters. The number of aliphatic hydroxyl groups excluding tert-OH is 1. The normalized spacial score (nSPS) is 57.0. The fourth-order valence-corrected chi connectivity index (χ4v) is 7.90. The molecule has 0 amide bonds. The van der Waals surface area contributed by atoms with E-state index in [1.165, 1.54) is 6.42 Å². The highest BCUT2D eigenvalue weighted by molar-refractivity contribution is 5.79. The van der Waals surface area contributed by atoms with E-state index in [-0.39, 0.29) is 22.9 Å². The molecule has 0 aliphatic heterocycles. The van der Waals surface area contributed by atoms with Crippen LogP contribution in [-0.4, -0.2) is 27.7 Å². The number of hydrogen-bond donors (Lipinski definition) is 2. The summed E-state index contributed by atoms with van der Waals surface area (Å²) in [5.41, 5.74) is -0.546. The van der Waals surface area contributed by atoms with Crippen LogP contribution in [0.1, 0.15) is 78.6 Å². The van der Waals surface area contributed by atoms with E-state index in [0.717, 1.165) is 44.9 Å². The van der Waals surface area contributed by atoms with Gasteiger partial charge in [-0.15, -0.1) is 0 Å². The zero-order valence-corrected chi connectivity index (χ0v) is 15.6. The molecule has 3 nitrogen and oxygen atoms in total. The van der Waals surface area contributed by atoms with Gasteiger partial charge in [-0.3, -0.25) is 4.79 Å². The average molecular weight is 335 g/mol. The molecule has 0 aromatic rings. The summed E-state index contributed by atoms with van der Waals surface area (Å²) in [5.74, 6) is 2.52. The summed E-state index contributed by atoms with van der Waals surface area (Å²) < 4.78 is 0. The van der Waals surface area contributed by atoms with Crippen molar-refractivity contribution in [1.82, 2.24) is 0 Å². The van der Waals surface area contributed by atoms with Crippen LogP contribution < -0.4 is 0 Å². The quantitative estimate of drug-likeness (QED) is 0.768. The molecule has 0 aromatic carbocycles. The molecular formula is C21H34O3. The van der Waals surface area contributed by atoms with Crippen molar-refractivity contribution in [1.29, 1.82) is 0 Å². The van der Waals surface area contributed by atoms with Crippen molar-refractivity contribution >= 4 is 5.78 Å². The van der Waals surface area contributed by atoms with E-state index in [9.17, 15) is 15.0 Å². The number of aliphatic hydroxyl groups is 2. The Balaban J connectivity index is 1.65. The van der Waals surface area contributed by atoms with Crippen LogP contribution in [0.5, 0.6) is 0 Å². The van der Waals surface area contributed by atoms with Crippen LogP contribution in [0.3, 0.4) is 0 Å². The fourth-order valence-electron chi connectivity index (χ4n) is 7.90. The molecule has 2 N–H and O–H groups in total. The molecule has 4 rings (SSSR count). The number of fused-ring (bicyclic) bond motifs is 5. The SMILES string of the molecule is CC(=O)[C@H]1CC[C@H]2[C@@H]3CC[C@]4(O)C[C@@H](O)CC[C@]4(C)[C@H]3CC[C@]12C. The van der Waals surface area contributed by atoms with Crippen molar-refractivity contribution < 1.29 is 15.0 Å². The van der Waals surface area contributed by atoms with Crippen LogP contribution in [0.2, 0.25) is 0 Å². The molecule has 0 saturated heterocycles. The van der Waals surface area contributed by atoms with E-state index in [0.29, 0.717) is 30.0 Å². The molecule has 4 aliphatic carbocycles. The minimum absolute atomic E-state index is 0.0508. The molecular weight excluding hydrogens is 300 g/mol. The summed E-state index contributed by atoms with van der Waals surface area (Å²) in [5, 5.41) is 21.5. The molecule has 0 bridgehead atoms. The number of Topliss-reactive ketones (excluding diaryl/α,β-unsaturated/α-hetero) is 1. The van der Waals surface area contributed by atoms with E-state index in [1.54, 1.807) is 6.92 Å². The molecule has 136 valence electrons. The summed E-state index contributed by atoms with van der Waals surface area (Å²) in [6.45, 7) is 6.46. The number of rotatable bonds is 1. The Hall–Kier alpha value is -0.410. The summed E-state index contributed by atoms with van der Waals surface area (Å²) in [7, 11) is 0. The topological polar surface area (TPSA) is 57.5 Å². The van der Waals surface area contributed by atoms with Gasteiger partial charge in [0.1, 0.15) is 5.78 Å². The third-order valence-electron chi connectivity index (χ3n) is 9.27. The average Bonchev–Trinajstić information content (AvgIpc) is 2.86. The summed E-state index contributed by atoms with van der Waals surface area (Å²) in [4.78, 5) is 12.2. The van der Waals surface area contributed by atoms with Gasteiger partial charge in [-0.2, -0.15) is 0 Å². The Morgan fingerprint density at radius 2 is 1.71 bits per heavy atom. The summed E-state index contributed by atoms with van der Waals surface area (Å²) in [6, 6.07) is 0. The highest BCUT2D eigenvalue weighted by Gasteiger charge is 2.64. The molecule has 4 aliphatic rings. The fraction of sp³-hybridized carbons (Fsp3) is 0.952. The largest absolute Gasteiger partial charge is 0.393 e. The molecule has 8 atom stereocenters. The predicted molar refractivity (Wildman–Crippen MR) is 93.4 cm³/mol. The van der Waals surface area contributed by atoms with Crippen molar-refractivity contribution in [3.63, 3.8) is 0 Å². The van der Waals surface area contributed by atoms with Crippen molar-refractivity contribution in [2.24, 2.45) is 34.5 Å². The third kappa shape index (κ3) is 2.06. The van der Waals surface area contributed by atoms with E-state index in [1.807, 2.05) is 0 Å². The maximum atomic E-state index is 12.2. The first-order valence-corrected chi connectivity index (χ1v) is 10.1. The van der Waals surface area contributed by atoms with Gasteiger partial charge < -0.3 is 10.2 Å². The van der Waals surface area contributed by atoms with Gasteiger partial charge in [0.15, 0.2) is 0 Å². The van der Waals surface area contributed by atoms with E-state index in [4.69, 9.17) is 0 Å². The van der Waals surface area contributed by atoms with Crippen LogP contribution in [0.25, 0.3) is 0 Å². The zero-order valence-electron chi connectivity index (χ0n) is 15.6. The van der Waals surface area contributed by atoms with Gasteiger partial charge in [0.25, 0.3) is 0 Å². The van der Waals surface area contributed by atoms with Gasteiger partial charge in [0.05, 0.1) is 11.7 Å². The van der Waals surface area contributed by atoms with Gasteiger partial charge in [-0.05, 0) is 86.9 Å². The molecule has 4 saturated carbocycles. The summed E-state index contributed by atoms with van der Waals surface area (Å²) >= 11 is 0. The first-order valence-electron chi connectivity index (χ1n) is 10.1. The maximum Gasteiger partial charge on any atom is 0.133 e. The second-order valence-corrected chi connectivity index (χ2v) is 10.0. The van der Waals surface area contributed by atoms with Crippen molar-refractivity contribution in [2.75, 3.05) is 0 Å². The molecule has 4 fully saturated rings. The minimum atomic E-state index is -0.682. The molecule has 0 spiro atoms. The highest BCUT2D eigenvalue weighted by atomic mass is 16.3. The van der Waals surface area contributed by atoms with E-state index < -0.39 is 5.60 Å². The Morgan fingerprint density at radius 1 is 0.958 bits per heavy atom. The van der Waals surface area contributed by atoms with E-state index in [2.05, 4.69) is 13.8 Å². The number of carbonyl (C=O) groups excluding carboxylic acids is 1. The third-order valence-corrected chi connectivity index (χ3v) is 9.27. The van der Waals surface area contributed by atoms with Crippen molar-refractivity contribution in [3.8, 4) is 0 Å². The monoisotopic (exact) mass is 334 g/mol. The van der Waals surface area contributed by atoms with Gasteiger partial charge in [0, 0.05) is 12.3 Å².